The lowest BCUT2D eigenvalue weighted by Gasteiger charge is -2.17. The molecule has 0 radical (unpaired) electrons. The minimum Gasteiger partial charge on any atom is -0.435 e. The third-order valence-electron chi connectivity index (χ3n) is 5.57. The lowest BCUT2D eigenvalue weighted by Crippen LogP contribution is -2.26. The zero-order valence-corrected chi connectivity index (χ0v) is 19.9. The quantitative estimate of drug-likeness (QED) is 0.436. The Morgan fingerprint density at radius 1 is 1.27 bits per heavy atom. The number of rotatable bonds is 9. The number of benzene rings is 1. The van der Waals surface area contributed by atoms with E-state index < -0.39 is 6.61 Å². The van der Waals surface area contributed by atoms with E-state index in [2.05, 4.69) is 14.7 Å². The molecule has 0 unspecified atom stereocenters. The van der Waals surface area contributed by atoms with E-state index in [0.717, 1.165) is 35.0 Å². The number of thiophene rings is 1. The summed E-state index contributed by atoms with van der Waals surface area (Å²) in [5.74, 6) is 1.86. The fourth-order valence-electron chi connectivity index (χ4n) is 3.93. The molecule has 2 aromatic heterocycles. The van der Waals surface area contributed by atoms with Crippen LogP contribution < -0.4 is 10.3 Å². The molecular weight excluding hydrogens is 468 g/mol. The summed E-state index contributed by atoms with van der Waals surface area (Å²) in [6, 6.07) is 6.25. The molecule has 0 saturated carbocycles. The number of carbonyl (C=O) groups excluding carboxylic acids is 1. The van der Waals surface area contributed by atoms with E-state index in [9.17, 15) is 18.4 Å². The van der Waals surface area contributed by atoms with E-state index in [0.29, 0.717) is 30.3 Å². The van der Waals surface area contributed by atoms with Gasteiger partial charge in [-0.05, 0) is 48.9 Å². The molecule has 1 amide bonds. The molecule has 10 heteroatoms. The van der Waals surface area contributed by atoms with Crippen molar-refractivity contribution in [1.82, 2.24) is 14.9 Å². The normalized spacial score (nSPS) is 13.3. The average Bonchev–Trinajstić information content (AvgIpc) is 3.16. The van der Waals surface area contributed by atoms with Gasteiger partial charge in [0.05, 0.1) is 11.1 Å². The largest absolute Gasteiger partial charge is 0.435 e. The van der Waals surface area contributed by atoms with Crippen molar-refractivity contribution in [2.24, 2.45) is 0 Å². The maximum absolute atomic E-state index is 12.6. The third kappa shape index (κ3) is 5.92. The number of thioether (sulfide) groups is 1. The first-order valence-corrected chi connectivity index (χ1v) is 12.8. The molecule has 1 aliphatic carbocycles. The number of aromatic nitrogens is 2. The van der Waals surface area contributed by atoms with Crippen molar-refractivity contribution in [3.8, 4) is 5.75 Å². The van der Waals surface area contributed by atoms with Crippen molar-refractivity contribution >= 4 is 39.2 Å². The monoisotopic (exact) mass is 493 g/mol. The van der Waals surface area contributed by atoms with Gasteiger partial charge >= 0.3 is 6.61 Å². The van der Waals surface area contributed by atoms with Crippen LogP contribution in [0, 0.1) is 0 Å². The number of nitrogens with zero attached hydrogens (tertiary/aromatic N) is 2. The number of halogens is 2. The van der Waals surface area contributed by atoms with Crippen LogP contribution in [0.2, 0.25) is 0 Å². The molecule has 0 aliphatic heterocycles. The van der Waals surface area contributed by atoms with Crippen molar-refractivity contribution in [3.63, 3.8) is 0 Å². The lowest BCUT2D eigenvalue weighted by atomic mass is 9.97. The standard InChI is InChI=1S/C23H25F2N3O3S2/c1-28(12-14-6-8-15(9-7-14)31-23(24)25)19(29)10-11-32-13-18-26-21(30)20-16-4-2-3-5-17(16)33-22(20)27-18/h6-9,23H,2-5,10-13H2,1H3,(H,26,27,30). The van der Waals surface area contributed by atoms with Crippen molar-refractivity contribution in [3.05, 3.63) is 56.4 Å². The third-order valence-corrected chi connectivity index (χ3v) is 7.72. The van der Waals surface area contributed by atoms with Crippen molar-refractivity contribution < 1.29 is 18.3 Å². The molecule has 0 saturated heterocycles. The second-order valence-corrected chi connectivity index (χ2v) is 10.2. The van der Waals surface area contributed by atoms with Crippen molar-refractivity contribution in [1.29, 1.82) is 0 Å². The number of hydrogen-bond acceptors (Lipinski definition) is 6. The lowest BCUT2D eigenvalue weighted by molar-refractivity contribution is -0.129. The van der Waals surface area contributed by atoms with E-state index >= 15 is 0 Å². The Morgan fingerprint density at radius 2 is 2.03 bits per heavy atom. The average molecular weight is 494 g/mol. The van der Waals surface area contributed by atoms with Gasteiger partial charge in [0.15, 0.2) is 0 Å². The van der Waals surface area contributed by atoms with E-state index in [1.54, 1.807) is 47.2 Å². The van der Waals surface area contributed by atoms with Gasteiger partial charge in [-0.2, -0.15) is 20.5 Å². The molecule has 0 bridgehead atoms. The Hall–Kier alpha value is -2.46. The summed E-state index contributed by atoms with van der Waals surface area (Å²) in [7, 11) is 1.71. The number of alkyl halides is 2. The van der Waals surface area contributed by atoms with Gasteiger partial charge in [0.2, 0.25) is 5.91 Å². The van der Waals surface area contributed by atoms with Gasteiger partial charge in [-0.25, -0.2) is 4.98 Å². The molecule has 0 spiro atoms. The first kappa shape index (κ1) is 23.7. The zero-order valence-electron chi connectivity index (χ0n) is 18.2. The highest BCUT2D eigenvalue weighted by atomic mass is 32.2. The molecule has 3 aromatic rings. The van der Waals surface area contributed by atoms with Gasteiger partial charge in [-0.3, -0.25) is 9.59 Å². The predicted octanol–water partition coefficient (Wildman–Crippen LogP) is 4.75. The van der Waals surface area contributed by atoms with Crippen LogP contribution in [0.15, 0.2) is 29.1 Å². The van der Waals surface area contributed by atoms with E-state index in [4.69, 9.17) is 0 Å². The number of ether oxygens (including phenoxy) is 1. The minimum absolute atomic E-state index is 0.0155. The summed E-state index contributed by atoms with van der Waals surface area (Å²) in [5, 5.41) is 0.758. The number of amides is 1. The van der Waals surface area contributed by atoms with E-state index in [1.807, 2.05) is 0 Å². The number of carbonyl (C=O) groups is 1. The molecule has 6 nitrogen and oxygen atoms in total. The smallest absolute Gasteiger partial charge is 0.387 e. The summed E-state index contributed by atoms with van der Waals surface area (Å²) >= 11 is 3.19. The van der Waals surface area contributed by atoms with Gasteiger partial charge in [-0.1, -0.05) is 12.1 Å². The Kier molecular flexibility index (Phi) is 7.64. The predicted molar refractivity (Wildman–Crippen MR) is 127 cm³/mol. The summed E-state index contributed by atoms with van der Waals surface area (Å²) < 4.78 is 28.8. The van der Waals surface area contributed by atoms with E-state index in [1.165, 1.54) is 29.0 Å². The summed E-state index contributed by atoms with van der Waals surface area (Å²) in [5.41, 5.74) is 1.95. The Labute approximate surface area is 198 Å². The number of aromatic amines is 1. The molecule has 2 heterocycles. The van der Waals surface area contributed by atoms with Crippen LogP contribution in [0.25, 0.3) is 10.2 Å². The van der Waals surface area contributed by atoms with Gasteiger partial charge in [0, 0.05) is 30.6 Å². The number of hydrogen-bond donors (Lipinski definition) is 1. The fraction of sp³-hybridized carbons (Fsp3) is 0.435. The number of fused-ring (bicyclic) bond motifs is 3. The molecule has 33 heavy (non-hydrogen) atoms. The van der Waals surface area contributed by atoms with Gasteiger partial charge in [-0.15, -0.1) is 11.3 Å². The Bertz CT molecular complexity index is 1180. The topological polar surface area (TPSA) is 75.3 Å². The molecular formula is C23H25F2N3O3S2. The molecule has 1 aliphatic rings. The molecule has 1 aromatic carbocycles. The highest BCUT2D eigenvalue weighted by molar-refractivity contribution is 7.98. The highest BCUT2D eigenvalue weighted by Gasteiger charge is 2.19. The number of H-pyrrole nitrogens is 1. The van der Waals surface area contributed by atoms with Gasteiger partial charge in [0.1, 0.15) is 16.4 Å². The summed E-state index contributed by atoms with van der Waals surface area (Å²) in [6.45, 7) is -2.48. The van der Waals surface area contributed by atoms with Crippen LogP contribution in [0.3, 0.4) is 0 Å². The van der Waals surface area contributed by atoms with Crippen molar-refractivity contribution in [2.75, 3.05) is 12.8 Å². The highest BCUT2D eigenvalue weighted by Crippen LogP contribution is 2.33. The maximum Gasteiger partial charge on any atom is 0.387 e. The Morgan fingerprint density at radius 3 is 2.79 bits per heavy atom. The van der Waals surface area contributed by atoms with Gasteiger partial charge in [0.25, 0.3) is 5.56 Å². The summed E-state index contributed by atoms with van der Waals surface area (Å²) in [6.07, 6.45) is 4.63. The van der Waals surface area contributed by atoms with Crippen LogP contribution in [0.1, 0.15) is 41.1 Å². The first-order chi connectivity index (χ1) is 15.9. The number of aryl methyl sites for hydroxylation is 2. The van der Waals surface area contributed by atoms with Crippen LogP contribution in [-0.2, 0) is 29.9 Å². The van der Waals surface area contributed by atoms with Crippen molar-refractivity contribution in [2.45, 2.75) is 51.0 Å². The molecule has 1 N–H and O–H groups in total. The SMILES string of the molecule is CN(Cc1ccc(OC(F)F)cc1)C(=O)CCSCc1nc2sc3c(c2c(=O)[nH]1)CCCC3. The maximum atomic E-state index is 12.6. The molecule has 0 fully saturated rings. The first-order valence-electron chi connectivity index (χ1n) is 10.8. The van der Waals surface area contributed by atoms with Gasteiger partial charge < -0.3 is 14.6 Å². The summed E-state index contributed by atoms with van der Waals surface area (Å²) in [4.78, 5) is 36.3. The molecule has 0 atom stereocenters. The molecule has 176 valence electrons. The second-order valence-electron chi connectivity index (χ2n) is 7.98. The number of nitrogens with one attached hydrogen (secondary N) is 1. The fourth-order valence-corrected chi connectivity index (χ4v) is 6.01. The minimum atomic E-state index is -2.86. The van der Waals surface area contributed by atoms with E-state index in [-0.39, 0.29) is 17.2 Å². The Balaban J connectivity index is 1.26. The zero-order chi connectivity index (χ0) is 23.4. The van der Waals surface area contributed by atoms with Crippen LogP contribution in [0.4, 0.5) is 8.78 Å². The van der Waals surface area contributed by atoms with Crippen LogP contribution in [0.5, 0.6) is 5.75 Å². The second kappa shape index (κ2) is 10.6. The van der Waals surface area contributed by atoms with Crippen LogP contribution in [-0.4, -0.2) is 40.2 Å². The van der Waals surface area contributed by atoms with Crippen LogP contribution >= 0.6 is 23.1 Å². The molecule has 4 rings (SSSR count).